The number of carbonyl (C=O) groups excluding carboxylic acids is 2. The van der Waals surface area contributed by atoms with Crippen LogP contribution in [0.15, 0.2) is 24.4 Å². The molecule has 204 valence electrons. The summed E-state index contributed by atoms with van der Waals surface area (Å²) in [6, 6.07) is 5.91. The van der Waals surface area contributed by atoms with Crippen LogP contribution in [0.3, 0.4) is 0 Å². The van der Waals surface area contributed by atoms with E-state index in [1.165, 1.54) is 12.8 Å². The zero-order chi connectivity index (χ0) is 26.8. The summed E-state index contributed by atoms with van der Waals surface area (Å²) >= 11 is 0. The van der Waals surface area contributed by atoms with Crippen LogP contribution in [0.1, 0.15) is 55.8 Å². The molecule has 5 rings (SSSR count). The molecule has 2 fully saturated rings. The van der Waals surface area contributed by atoms with Gasteiger partial charge < -0.3 is 30.1 Å². The van der Waals surface area contributed by atoms with Crippen LogP contribution in [-0.4, -0.2) is 79.6 Å². The fraction of sp³-hybridized carbons (Fsp3) is 0.571. The minimum Gasteiger partial charge on any atom is -0.495 e. The van der Waals surface area contributed by atoms with Crippen LogP contribution in [0.5, 0.6) is 5.75 Å². The fourth-order valence-corrected chi connectivity index (χ4v) is 5.80. The molecule has 0 radical (unpaired) electrons. The van der Waals surface area contributed by atoms with Crippen molar-refractivity contribution in [3.05, 3.63) is 30.0 Å². The molecule has 2 aromatic rings. The van der Waals surface area contributed by atoms with E-state index in [1.807, 2.05) is 13.0 Å². The van der Waals surface area contributed by atoms with E-state index < -0.39 is 0 Å². The van der Waals surface area contributed by atoms with Crippen LogP contribution < -0.4 is 25.2 Å². The molecule has 2 N–H and O–H groups in total. The summed E-state index contributed by atoms with van der Waals surface area (Å²) in [5.41, 5.74) is 1.95. The van der Waals surface area contributed by atoms with Gasteiger partial charge in [-0.15, -0.1) is 0 Å². The number of piperidine rings is 1. The van der Waals surface area contributed by atoms with Gasteiger partial charge in [-0.1, -0.05) is 19.8 Å². The first-order valence-electron chi connectivity index (χ1n) is 13.7. The van der Waals surface area contributed by atoms with E-state index in [0.29, 0.717) is 35.5 Å². The second-order valence-corrected chi connectivity index (χ2v) is 10.9. The highest BCUT2D eigenvalue weighted by molar-refractivity contribution is 5.99. The zero-order valence-corrected chi connectivity index (χ0v) is 22.9. The number of likely N-dealkylation sites (tertiary alicyclic amines) is 1. The number of anilines is 4. The molecule has 1 aliphatic carbocycles. The Hall–Kier alpha value is -3.40. The molecular formula is C28H39N7O3. The van der Waals surface area contributed by atoms with Crippen LogP contribution in [0.4, 0.5) is 23.1 Å². The minimum absolute atomic E-state index is 0.0758. The predicted molar refractivity (Wildman–Crippen MR) is 148 cm³/mol. The SMILES string of the molecule is COc1cc(C(=O)NC2CCN(C)CC2)ccc1Nc1ncc2c(n1)N(C1CCCC1)C[C@H](C)C(=O)N2C. The van der Waals surface area contributed by atoms with Gasteiger partial charge in [0, 0.05) is 31.2 Å². The molecule has 3 aliphatic rings. The molecule has 1 aromatic heterocycles. The monoisotopic (exact) mass is 521 g/mol. The molecule has 1 saturated heterocycles. The molecule has 0 spiro atoms. The van der Waals surface area contributed by atoms with Gasteiger partial charge in [0.25, 0.3) is 5.91 Å². The third-order valence-electron chi connectivity index (χ3n) is 8.14. The predicted octanol–water partition coefficient (Wildman–Crippen LogP) is 3.41. The first-order valence-corrected chi connectivity index (χ1v) is 13.7. The number of ether oxygens (including phenoxy) is 1. The quantitative estimate of drug-likeness (QED) is 0.596. The van der Waals surface area contributed by atoms with Crippen LogP contribution in [-0.2, 0) is 4.79 Å². The Balaban J connectivity index is 1.37. The number of nitrogens with one attached hydrogen (secondary N) is 2. The molecule has 1 saturated carbocycles. The van der Waals surface area contributed by atoms with Crippen molar-refractivity contribution in [2.45, 2.75) is 57.5 Å². The van der Waals surface area contributed by atoms with E-state index in [1.54, 1.807) is 37.4 Å². The molecule has 1 atom stereocenters. The van der Waals surface area contributed by atoms with Crippen LogP contribution >= 0.6 is 0 Å². The first-order chi connectivity index (χ1) is 18.3. The summed E-state index contributed by atoms with van der Waals surface area (Å²) in [5, 5.41) is 6.44. The highest BCUT2D eigenvalue weighted by atomic mass is 16.5. The summed E-state index contributed by atoms with van der Waals surface area (Å²) in [6.45, 7) is 4.59. The lowest BCUT2D eigenvalue weighted by atomic mass is 10.0. The van der Waals surface area contributed by atoms with Crippen molar-refractivity contribution in [2.75, 3.05) is 56.0 Å². The van der Waals surface area contributed by atoms with Crippen LogP contribution in [0.25, 0.3) is 0 Å². The van der Waals surface area contributed by atoms with Gasteiger partial charge in [0.2, 0.25) is 11.9 Å². The molecule has 2 amide bonds. The Morgan fingerprint density at radius 1 is 1.11 bits per heavy atom. The Kier molecular flexibility index (Phi) is 7.69. The average Bonchev–Trinajstić information content (AvgIpc) is 3.44. The van der Waals surface area contributed by atoms with Crippen molar-refractivity contribution in [3.63, 3.8) is 0 Å². The lowest BCUT2D eigenvalue weighted by molar-refractivity contribution is -0.121. The minimum atomic E-state index is -0.125. The van der Waals surface area contributed by atoms with Gasteiger partial charge in [0.05, 0.1) is 24.9 Å². The number of benzene rings is 1. The number of fused-ring (bicyclic) bond motifs is 1. The highest BCUT2D eigenvalue weighted by Gasteiger charge is 2.35. The number of methoxy groups -OCH3 is 1. The molecule has 2 aliphatic heterocycles. The molecule has 1 aromatic carbocycles. The fourth-order valence-electron chi connectivity index (χ4n) is 5.80. The van der Waals surface area contributed by atoms with E-state index >= 15 is 0 Å². The summed E-state index contributed by atoms with van der Waals surface area (Å²) in [7, 11) is 5.48. The Morgan fingerprint density at radius 3 is 2.55 bits per heavy atom. The lowest BCUT2D eigenvalue weighted by Crippen LogP contribution is -2.43. The maximum absolute atomic E-state index is 12.9. The van der Waals surface area contributed by atoms with E-state index in [-0.39, 0.29) is 23.8 Å². The molecule has 0 unspecified atom stereocenters. The van der Waals surface area contributed by atoms with Gasteiger partial charge >= 0.3 is 0 Å². The van der Waals surface area contributed by atoms with E-state index in [4.69, 9.17) is 9.72 Å². The number of rotatable bonds is 6. The number of nitrogens with zero attached hydrogens (tertiary/aromatic N) is 5. The van der Waals surface area contributed by atoms with Crippen LogP contribution in [0, 0.1) is 5.92 Å². The van der Waals surface area contributed by atoms with Gasteiger partial charge in [-0.2, -0.15) is 4.98 Å². The van der Waals surface area contributed by atoms with Gasteiger partial charge in [-0.3, -0.25) is 9.59 Å². The number of hydrogen-bond acceptors (Lipinski definition) is 8. The highest BCUT2D eigenvalue weighted by Crippen LogP contribution is 2.38. The summed E-state index contributed by atoms with van der Waals surface area (Å²) in [4.78, 5) is 41.5. The number of hydrogen-bond donors (Lipinski definition) is 2. The molecule has 3 heterocycles. The average molecular weight is 522 g/mol. The molecule has 38 heavy (non-hydrogen) atoms. The molecule has 10 heteroatoms. The van der Waals surface area contributed by atoms with Gasteiger partial charge in [-0.25, -0.2) is 4.98 Å². The Bertz CT molecular complexity index is 1180. The van der Waals surface area contributed by atoms with E-state index in [2.05, 4.69) is 32.5 Å². The van der Waals surface area contributed by atoms with Crippen molar-refractivity contribution in [3.8, 4) is 5.75 Å². The van der Waals surface area contributed by atoms with Crippen LogP contribution in [0.2, 0.25) is 0 Å². The number of amides is 2. The van der Waals surface area contributed by atoms with Gasteiger partial charge in [0.1, 0.15) is 11.4 Å². The first kappa shape index (κ1) is 26.2. The molecule has 10 nitrogen and oxygen atoms in total. The third kappa shape index (κ3) is 5.41. The molecular weight excluding hydrogens is 482 g/mol. The summed E-state index contributed by atoms with van der Waals surface area (Å²) in [6.07, 6.45) is 8.22. The molecule has 0 bridgehead atoms. The second kappa shape index (κ2) is 11.1. The topological polar surface area (TPSA) is 103 Å². The van der Waals surface area contributed by atoms with Crippen molar-refractivity contribution < 1.29 is 14.3 Å². The standard InChI is InChI=1S/C28H39N7O3/c1-18-17-35(21-7-5-6-8-21)25-23(34(3)27(18)37)16-29-28(32-25)31-22-10-9-19(15-24(22)38-4)26(36)30-20-11-13-33(2)14-12-20/h9-10,15-16,18,20-21H,5-8,11-14,17H2,1-4H3,(H,30,36)(H,29,31,32)/t18-/m0/s1. The number of aromatic nitrogens is 2. The Labute approximate surface area is 224 Å². The maximum Gasteiger partial charge on any atom is 0.251 e. The van der Waals surface area contributed by atoms with Crippen molar-refractivity contribution in [1.29, 1.82) is 0 Å². The number of carbonyl (C=O) groups is 2. The third-order valence-corrected chi connectivity index (χ3v) is 8.14. The Morgan fingerprint density at radius 2 is 1.84 bits per heavy atom. The van der Waals surface area contributed by atoms with E-state index in [0.717, 1.165) is 50.3 Å². The smallest absolute Gasteiger partial charge is 0.251 e. The normalized spacial score (nSPS) is 21.3. The maximum atomic E-state index is 12.9. The summed E-state index contributed by atoms with van der Waals surface area (Å²) in [5.74, 6) is 1.59. The second-order valence-electron chi connectivity index (χ2n) is 10.9. The lowest BCUT2D eigenvalue weighted by Gasteiger charge is -2.31. The van der Waals surface area contributed by atoms with Gasteiger partial charge in [-0.05, 0) is 64.0 Å². The van der Waals surface area contributed by atoms with E-state index in [9.17, 15) is 9.59 Å². The zero-order valence-electron chi connectivity index (χ0n) is 22.9. The van der Waals surface area contributed by atoms with Gasteiger partial charge in [0.15, 0.2) is 5.82 Å². The van der Waals surface area contributed by atoms with Crippen molar-refractivity contribution >= 4 is 35.0 Å². The van der Waals surface area contributed by atoms with Crippen molar-refractivity contribution in [2.24, 2.45) is 5.92 Å². The summed E-state index contributed by atoms with van der Waals surface area (Å²) < 4.78 is 5.62. The largest absolute Gasteiger partial charge is 0.495 e. The van der Waals surface area contributed by atoms with Crippen molar-refractivity contribution in [1.82, 2.24) is 20.2 Å².